The number of aromatic nitrogens is 2. The molecule has 0 spiro atoms. The molecule has 2 aliphatic rings. The Balaban J connectivity index is 1.51. The minimum Gasteiger partial charge on any atom is -0.353 e. The first-order valence-electron chi connectivity index (χ1n) is 7.83. The Bertz CT molecular complexity index is 646. The van der Waals surface area contributed by atoms with Crippen molar-refractivity contribution in [2.24, 2.45) is 0 Å². The third kappa shape index (κ3) is 2.81. The molecule has 1 N–H and O–H groups in total. The van der Waals surface area contributed by atoms with E-state index in [0.29, 0.717) is 18.5 Å². The van der Waals surface area contributed by atoms with Gasteiger partial charge in [0, 0.05) is 37.8 Å². The molecule has 1 aromatic carbocycles. The topological polar surface area (TPSA) is 41.1 Å². The summed E-state index contributed by atoms with van der Waals surface area (Å²) in [5, 5.41) is 3.63. The number of nitrogens with one attached hydrogen (secondary N) is 1. The van der Waals surface area contributed by atoms with E-state index in [0.717, 1.165) is 30.3 Å². The Labute approximate surface area is 129 Å². The molecule has 2 fully saturated rings. The van der Waals surface area contributed by atoms with Crippen molar-refractivity contribution < 1.29 is 4.39 Å². The maximum Gasteiger partial charge on any atom is 0.135 e. The van der Waals surface area contributed by atoms with E-state index in [9.17, 15) is 4.39 Å². The first kappa shape index (κ1) is 13.6. The largest absolute Gasteiger partial charge is 0.353 e. The lowest BCUT2D eigenvalue weighted by Crippen LogP contribution is -2.51. The van der Waals surface area contributed by atoms with Gasteiger partial charge in [0.1, 0.15) is 17.5 Å². The number of fused-ring (bicyclic) bond motifs is 2. The van der Waals surface area contributed by atoms with Crippen LogP contribution in [0.25, 0.3) is 0 Å². The molecule has 4 nitrogen and oxygen atoms in total. The lowest BCUT2D eigenvalue weighted by molar-refractivity contribution is 0.463. The van der Waals surface area contributed by atoms with E-state index >= 15 is 0 Å². The van der Waals surface area contributed by atoms with E-state index in [4.69, 9.17) is 4.98 Å². The van der Waals surface area contributed by atoms with Crippen molar-refractivity contribution in [3.8, 4) is 0 Å². The van der Waals surface area contributed by atoms with Crippen LogP contribution in [0.4, 0.5) is 10.2 Å². The van der Waals surface area contributed by atoms with Crippen LogP contribution in [0.1, 0.15) is 24.2 Å². The molecule has 2 atom stereocenters. The van der Waals surface area contributed by atoms with Crippen LogP contribution in [0.2, 0.25) is 0 Å². The molecule has 2 bridgehead atoms. The van der Waals surface area contributed by atoms with Gasteiger partial charge in [-0.2, -0.15) is 0 Å². The Kier molecular flexibility index (Phi) is 3.50. The summed E-state index contributed by atoms with van der Waals surface area (Å²) in [5.74, 6) is 1.58. The van der Waals surface area contributed by atoms with E-state index < -0.39 is 0 Å². The second kappa shape index (κ2) is 5.65. The molecule has 0 amide bonds. The number of rotatable bonds is 3. The van der Waals surface area contributed by atoms with Gasteiger partial charge in [-0.25, -0.2) is 14.4 Å². The number of piperazine rings is 1. The maximum atomic E-state index is 13.0. The van der Waals surface area contributed by atoms with Gasteiger partial charge >= 0.3 is 0 Å². The molecular formula is C17H19FN4. The van der Waals surface area contributed by atoms with Crippen LogP contribution in [0.15, 0.2) is 36.5 Å². The van der Waals surface area contributed by atoms with Crippen molar-refractivity contribution in [3.63, 3.8) is 0 Å². The lowest BCUT2D eigenvalue weighted by Gasteiger charge is -2.33. The third-order valence-corrected chi connectivity index (χ3v) is 4.51. The molecule has 114 valence electrons. The Morgan fingerprint density at radius 3 is 2.55 bits per heavy atom. The summed E-state index contributed by atoms with van der Waals surface area (Å²) in [6.45, 7) is 2.03. The van der Waals surface area contributed by atoms with Gasteiger partial charge in [0.25, 0.3) is 0 Å². The highest BCUT2D eigenvalue weighted by molar-refractivity contribution is 5.40. The molecule has 22 heavy (non-hydrogen) atoms. The number of benzene rings is 1. The average Bonchev–Trinajstić information content (AvgIpc) is 2.88. The summed E-state index contributed by atoms with van der Waals surface area (Å²) in [4.78, 5) is 11.4. The highest BCUT2D eigenvalue weighted by Crippen LogP contribution is 2.24. The van der Waals surface area contributed by atoms with Gasteiger partial charge in [0.05, 0.1) is 0 Å². The quantitative estimate of drug-likeness (QED) is 0.942. The van der Waals surface area contributed by atoms with Gasteiger partial charge in [-0.3, -0.25) is 0 Å². The number of hydrogen-bond acceptors (Lipinski definition) is 4. The predicted octanol–water partition coefficient (Wildman–Crippen LogP) is 2.15. The van der Waals surface area contributed by atoms with Gasteiger partial charge in [-0.05, 0) is 36.6 Å². The fourth-order valence-corrected chi connectivity index (χ4v) is 3.42. The Morgan fingerprint density at radius 2 is 1.82 bits per heavy atom. The number of nitrogens with zero attached hydrogens (tertiary/aromatic N) is 3. The number of halogens is 1. The van der Waals surface area contributed by atoms with Gasteiger partial charge in [0.15, 0.2) is 0 Å². The normalized spacial score (nSPS) is 23.8. The first-order valence-corrected chi connectivity index (χ1v) is 7.83. The van der Waals surface area contributed by atoms with Gasteiger partial charge < -0.3 is 10.2 Å². The Hall–Kier alpha value is -2.01. The molecule has 0 radical (unpaired) electrons. The van der Waals surface area contributed by atoms with Crippen LogP contribution in [-0.2, 0) is 6.42 Å². The molecule has 1 aromatic heterocycles. The molecule has 5 heteroatoms. The second-order valence-electron chi connectivity index (χ2n) is 6.18. The van der Waals surface area contributed by atoms with Crippen molar-refractivity contribution in [2.45, 2.75) is 31.3 Å². The minimum atomic E-state index is -0.213. The summed E-state index contributed by atoms with van der Waals surface area (Å²) in [5.41, 5.74) is 1.03. The zero-order valence-electron chi connectivity index (χ0n) is 12.4. The van der Waals surface area contributed by atoms with Crippen LogP contribution in [0.3, 0.4) is 0 Å². The Morgan fingerprint density at radius 1 is 1.09 bits per heavy atom. The fraction of sp³-hybridized carbons (Fsp3) is 0.412. The smallest absolute Gasteiger partial charge is 0.135 e. The van der Waals surface area contributed by atoms with Crippen molar-refractivity contribution in [2.75, 3.05) is 18.0 Å². The van der Waals surface area contributed by atoms with Crippen molar-refractivity contribution in [1.82, 2.24) is 15.3 Å². The summed E-state index contributed by atoms with van der Waals surface area (Å²) < 4.78 is 13.0. The molecule has 3 heterocycles. The van der Waals surface area contributed by atoms with Gasteiger partial charge in [0.2, 0.25) is 0 Å². The van der Waals surface area contributed by atoms with E-state index in [1.807, 2.05) is 12.3 Å². The van der Waals surface area contributed by atoms with Gasteiger partial charge in [-0.1, -0.05) is 12.1 Å². The summed E-state index contributed by atoms with van der Waals surface area (Å²) in [7, 11) is 0. The minimum absolute atomic E-state index is 0.213. The molecule has 2 saturated heterocycles. The fourth-order valence-electron chi connectivity index (χ4n) is 3.42. The van der Waals surface area contributed by atoms with Crippen LogP contribution in [-0.4, -0.2) is 35.1 Å². The summed E-state index contributed by atoms with van der Waals surface area (Å²) in [6.07, 6.45) is 4.97. The van der Waals surface area contributed by atoms with Crippen molar-refractivity contribution in [3.05, 3.63) is 53.7 Å². The van der Waals surface area contributed by atoms with Crippen LogP contribution in [0.5, 0.6) is 0 Å². The van der Waals surface area contributed by atoms with Gasteiger partial charge in [-0.15, -0.1) is 0 Å². The predicted molar refractivity (Wildman–Crippen MR) is 83.4 cm³/mol. The van der Waals surface area contributed by atoms with E-state index in [-0.39, 0.29) is 5.82 Å². The molecule has 2 aliphatic heterocycles. The molecule has 4 rings (SSSR count). The molecule has 2 aromatic rings. The van der Waals surface area contributed by atoms with E-state index in [1.54, 1.807) is 12.1 Å². The summed E-state index contributed by atoms with van der Waals surface area (Å²) >= 11 is 0. The van der Waals surface area contributed by atoms with Crippen LogP contribution in [0, 0.1) is 5.82 Å². The van der Waals surface area contributed by atoms with Crippen molar-refractivity contribution >= 4 is 5.82 Å². The third-order valence-electron chi connectivity index (χ3n) is 4.51. The average molecular weight is 298 g/mol. The molecule has 0 saturated carbocycles. The molecule has 0 aliphatic carbocycles. The first-order chi connectivity index (χ1) is 10.8. The monoisotopic (exact) mass is 298 g/mol. The molecular weight excluding hydrogens is 279 g/mol. The standard InChI is InChI=1S/C17H19FN4/c18-13-3-1-12(2-4-13)9-16-19-8-7-17(21-16)22-10-14-5-6-15(11-22)20-14/h1-4,7-8,14-15,20H,5-6,9-11H2. The number of anilines is 1. The summed E-state index contributed by atoms with van der Waals surface area (Å²) in [6, 6.07) is 9.70. The SMILES string of the molecule is Fc1ccc(Cc2nccc(N3CC4CCC(C3)N4)n2)cc1. The van der Waals surface area contributed by atoms with E-state index in [1.165, 1.54) is 25.0 Å². The van der Waals surface area contributed by atoms with Crippen LogP contribution >= 0.6 is 0 Å². The molecule has 2 unspecified atom stereocenters. The zero-order valence-corrected chi connectivity index (χ0v) is 12.4. The highest BCUT2D eigenvalue weighted by Gasteiger charge is 2.32. The van der Waals surface area contributed by atoms with Crippen LogP contribution < -0.4 is 10.2 Å². The lowest BCUT2D eigenvalue weighted by atomic mass is 10.1. The van der Waals surface area contributed by atoms with E-state index in [2.05, 4.69) is 15.2 Å². The number of hydrogen-bond donors (Lipinski definition) is 1. The zero-order chi connectivity index (χ0) is 14.9. The second-order valence-corrected chi connectivity index (χ2v) is 6.18. The maximum absolute atomic E-state index is 13.0. The van der Waals surface area contributed by atoms with Crippen molar-refractivity contribution in [1.29, 1.82) is 0 Å². The highest BCUT2D eigenvalue weighted by atomic mass is 19.1.